The molecular formula is C23H29N3O. The molecule has 1 saturated heterocycles. The van der Waals surface area contributed by atoms with E-state index in [0.29, 0.717) is 6.04 Å². The summed E-state index contributed by atoms with van der Waals surface area (Å²) in [5.41, 5.74) is 3.52. The number of urea groups is 1. The summed E-state index contributed by atoms with van der Waals surface area (Å²) in [5, 5.41) is 6.25. The van der Waals surface area contributed by atoms with E-state index in [0.717, 1.165) is 37.5 Å². The average Bonchev–Trinajstić information content (AvgIpc) is 3.55. The molecule has 0 bridgehead atoms. The Balaban J connectivity index is 1.27. The van der Waals surface area contributed by atoms with Gasteiger partial charge in [0.25, 0.3) is 0 Å². The molecule has 27 heavy (non-hydrogen) atoms. The second-order valence-corrected chi connectivity index (χ2v) is 7.87. The van der Waals surface area contributed by atoms with E-state index in [1.807, 2.05) is 25.1 Å². The van der Waals surface area contributed by atoms with Crippen LogP contribution in [0.25, 0.3) is 11.1 Å². The minimum atomic E-state index is -0.0560. The molecule has 2 amide bonds. The highest BCUT2D eigenvalue weighted by Crippen LogP contribution is 2.29. The minimum Gasteiger partial charge on any atom is -0.335 e. The predicted molar refractivity (Wildman–Crippen MR) is 110 cm³/mol. The summed E-state index contributed by atoms with van der Waals surface area (Å²) in [6.45, 7) is 4.27. The average molecular weight is 364 g/mol. The number of benzene rings is 2. The number of nitrogens with zero attached hydrogens (tertiary/aromatic N) is 1. The van der Waals surface area contributed by atoms with Gasteiger partial charge in [0, 0.05) is 25.2 Å². The molecule has 142 valence electrons. The smallest absolute Gasteiger partial charge is 0.315 e. The highest BCUT2D eigenvalue weighted by atomic mass is 16.2. The third-order valence-electron chi connectivity index (χ3n) is 5.79. The number of hydrogen-bond acceptors (Lipinski definition) is 2. The SMILES string of the molecule is CC(NC(=O)NC1CCN(C2CC2)CC1)c1ccc(-c2ccccc2)cc1. The van der Waals surface area contributed by atoms with Gasteiger partial charge in [0.2, 0.25) is 0 Å². The fraction of sp³-hybridized carbons (Fsp3) is 0.435. The van der Waals surface area contributed by atoms with Crippen molar-refractivity contribution in [3.05, 3.63) is 60.2 Å². The van der Waals surface area contributed by atoms with Crippen LogP contribution in [0.1, 0.15) is 44.2 Å². The quantitative estimate of drug-likeness (QED) is 0.830. The first-order valence-electron chi connectivity index (χ1n) is 10.2. The lowest BCUT2D eigenvalue weighted by Crippen LogP contribution is -2.48. The van der Waals surface area contributed by atoms with Crippen molar-refractivity contribution in [2.45, 2.75) is 50.7 Å². The standard InChI is InChI=1S/C23H29N3O/c1-17(18-7-9-20(10-8-18)19-5-3-2-4-6-19)24-23(27)25-21-13-15-26(16-14-21)22-11-12-22/h2-10,17,21-22H,11-16H2,1H3,(H2,24,25,27). The normalized spacial score (nSPS) is 19.4. The van der Waals surface area contributed by atoms with E-state index >= 15 is 0 Å². The minimum absolute atomic E-state index is 0.0126. The molecule has 1 heterocycles. The van der Waals surface area contributed by atoms with Gasteiger partial charge in [0.1, 0.15) is 0 Å². The van der Waals surface area contributed by atoms with Crippen LogP contribution in [0.4, 0.5) is 4.79 Å². The van der Waals surface area contributed by atoms with Gasteiger partial charge in [-0.2, -0.15) is 0 Å². The van der Waals surface area contributed by atoms with E-state index in [1.165, 1.54) is 24.0 Å². The van der Waals surface area contributed by atoms with E-state index in [2.05, 4.69) is 51.9 Å². The lowest BCUT2D eigenvalue weighted by molar-refractivity contribution is 0.185. The summed E-state index contributed by atoms with van der Waals surface area (Å²) < 4.78 is 0. The second kappa shape index (κ2) is 8.13. The van der Waals surface area contributed by atoms with Crippen molar-refractivity contribution in [1.29, 1.82) is 0 Å². The van der Waals surface area contributed by atoms with Gasteiger partial charge in [-0.1, -0.05) is 54.6 Å². The molecule has 2 N–H and O–H groups in total. The maximum atomic E-state index is 12.4. The summed E-state index contributed by atoms with van der Waals surface area (Å²) >= 11 is 0. The van der Waals surface area contributed by atoms with E-state index in [9.17, 15) is 4.79 Å². The van der Waals surface area contributed by atoms with Crippen LogP contribution in [0.3, 0.4) is 0 Å². The first-order valence-corrected chi connectivity index (χ1v) is 10.2. The van der Waals surface area contributed by atoms with Crippen LogP contribution in [-0.2, 0) is 0 Å². The van der Waals surface area contributed by atoms with Gasteiger partial charge in [0.05, 0.1) is 6.04 Å². The van der Waals surface area contributed by atoms with Crippen LogP contribution in [0, 0.1) is 0 Å². The summed E-state index contributed by atoms with van der Waals surface area (Å²) in [6, 6.07) is 19.8. The first kappa shape index (κ1) is 18.1. The Hall–Kier alpha value is -2.33. The number of carbonyl (C=O) groups excluding carboxylic acids is 1. The fourth-order valence-electron chi connectivity index (χ4n) is 3.95. The van der Waals surface area contributed by atoms with E-state index in [1.54, 1.807) is 0 Å². The van der Waals surface area contributed by atoms with Gasteiger partial charge in [-0.3, -0.25) is 0 Å². The van der Waals surface area contributed by atoms with Gasteiger partial charge in [0.15, 0.2) is 0 Å². The molecule has 4 nitrogen and oxygen atoms in total. The molecule has 0 radical (unpaired) electrons. The van der Waals surface area contributed by atoms with Gasteiger partial charge < -0.3 is 15.5 Å². The van der Waals surface area contributed by atoms with E-state index in [-0.39, 0.29) is 12.1 Å². The van der Waals surface area contributed by atoms with Gasteiger partial charge in [-0.05, 0) is 49.3 Å². The van der Waals surface area contributed by atoms with Crippen LogP contribution >= 0.6 is 0 Å². The highest BCUT2D eigenvalue weighted by Gasteiger charge is 2.32. The van der Waals surface area contributed by atoms with E-state index < -0.39 is 0 Å². The third kappa shape index (κ3) is 4.69. The molecule has 1 atom stereocenters. The van der Waals surface area contributed by atoms with Crippen LogP contribution in [0.5, 0.6) is 0 Å². The first-order chi connectivity index (χ1) is 13.2. The number of hydrogen-bond donors (Lipinski definition) is 2. The summed E-state index contributed by atoms with van der Waals surface area (Å²) in [4.78, 5) is 15.0. The molecule has 1 aliphatic heterocycles. The Morgan fingerprint density at radius 3 is 2.19 bits per heavy atom. The van der Waals surface area contributed by atoms with Gasteiger partial charge >= 0.3 is 6.03 Å². The lowest BCUT2D eigenvalue weighted by Gasteiger charge is -2.32. The maximum Gasteiger partial charge on any atom is 0.315 e. The Morgan fingerprint density at radius 2 is 1.56 bits per heavy atom. The molecule has 2 aromatic rings. The molecule has 1 aliphatic carbocycles. The third-order valence-corrected chi connectivity index (χ3v) is 5.79. The van der Waals surface area contributed by atoms with Crippen molar-refractivity contribution < 1.29 is 4.79 Å². The van der Waals surface area contributed by atoms with Gasteiger partial charge in [-0.25, -0.2) is 4.79 Å². The Bertz CT molecular complexity index is 747. The Labute approximate surface area is 162 Å². The highest BCUT2D eigenvalue weighted by molar-refractivity contribution is 5.74. The Morgan fingerprint density at radius 1 is 0.926 bits per heavy atom. The van der Waals surface area contributed by atoms with Gasteiger partial charge in [-0.15, -0.1) is 0 Å². The molecule has 0 spiro atoms. The molecule has 4 rings (SSSR count). The molecule has 4 heteroatoms. The maximum absolute atomic E-state index is 12.4. The number of carbonyl (C=O) groups is 1. The van der Waals surface area contributed by atoms with Crippen LogP contribution in [0.2, 0.25) is 0 Å². The lowest BCUT2D eigenvalue weighted by atomic mass is 10.0. The molecule has 1 unspecified atom stereocenters. The molecular weight excluding hydrogens is 334 g/mol. The second-order valence-electron chi connectivity index (χ2n) is 7.87. The molecule has 2 aliphatic rings. The predicted octanol–water partition coefficient (Wildman–Crippen LogP) is 4.34. The van der Waals surface area contributed by atoms with Crippen molar-refractivity contribution in [2.24, 2.45) is 0 Å². The van der Waals surface area contributed by atoms with Crippen molar-refractivity contribution >= 4 is 6.03 Å². The fourth-order valence-corrected chi connectivity index (χ4v) is 3.95. The largest absolute Gasteiger partial charge is 0.335 e. The van der Waals surface area contributed by atoms with Crippen LogP contribution in [0.15, 0.2) is 54.6 Å². The molecule has 0 aromatic heterocycles. The summed E-state index contributed by atoms with van der Waals surface area (Å²) in [5.74, 6) is 0. The van der Waals surface area contributed by atoms with Crippen LogP contribution < -0.4 is 10.6 Å². The monoisotopic (exact) mass is 363 g/mol. The zero-order chi connectivity index (χ0) is 18.6. The number of piperidine rings is 1. The van der Waals surface area contributed by atoms with Crippen molar-refractivity contribution in [1.82, 2.24) is 15.5 Å². The van der Waals surface area contributed by atoms with Crippen LogP contribution in [-0.4, -0.2) is 36.1 Å². The van der Waals surface area contributed by atoms with Crippen molar-refractivity contribution in [3.63, 3.8) is 0 Å². The van der Waals surface area contributed by atoms with Crippen molar-refractivity contribution in [3.8, 4) is 11.1 Å². The summed E-state index contributed by atoms with van der Waals surface area (Å²) in [7, 11) is 0. The number of likely N-dealkylation sites (tertiary alicyclic amines) is 1. The molecule has 1 saturated carbocycles. The topological polar surface area (TPSA) is 44.4 Å². The summed E-state index contributed by atoms with van der Waals surface area (Å²) in [6.07, 6.45) is 4.84. The number of rotatable bonds is 5. The zero-order valence-corrected chi connectivity index (χ0v) is 16.0. The number of nitrogens with one attached hydrogen (secondary N) is 2. The zero-order valence-electron chi connectivity index (χ0n) is 16.0. The van der Waals surface area contributed by atoms with Crippen molar-refractivity contribution in [2.75, 3.05) is 13.1 Å². The molecule has 2 fully saturated rings. The Kier molecular flexibility index (Phi) is 5.44. The number of amides is 2. The van der Waals surface area contributed by atoms with E-state index in [4.69, 9.17) is 0 Å². The molecule has 2 aromatic carbocycles.